The topological polar surface area (TPSA) is 38.7 Å². The molecule has 226 valence electrons. The maximum Gasteiger partial charge on any atom is 0.165 e. The molecule has 0 unspecified atom stereocenters. The lowest BCUT2D eigenvalue weighted by molar-refractivity contribution is 1.08. The van der Waals surface area contributed by atoms with Gasteiger partial charge in [-0.1, -0.05) is 127 Å². The minimum Gasteiger partial charge on any atom is -0.208 e. The molecule has 0 amide bonds. The van der Waals surface area contributed by atoms with E-state index in [0.29, 0.717) is 17.5 Å². The number of nitrogens with zero attached hydrogens (tertiary/aromatic N) is 3. The van der Waals surface area contributed by atoms with E-state index in [2.05, 4.69) is 152 Å². The molecule has 10 aromatic rings. The molecule has 0 atom stereocenters. The highest BCUT2D eigenvalue weighted by Crippen LogP contribution is 2.55. The van der Waals surface area contributed by atoms with Crippen LogP contribution in [0.5, 0.6) is 0 Å². The Labute approximate surface area is 285 Å². The highest BCUT2D eigenvalue weighted by molar-refractivity contribution is 7.26. The predicted octanol–water partition coefficient (Wildman–Crippen LogP) is 12.3. The van der Waals surface area contributed by atoms with Gasteiger partial charge in [0.25, 0.3) is 0 Å². The lowest BCUT2D eigenvalue weighted by Gasteiger charge is -2.15. The van der Waals surface area contributed by atoms with Gasteiger partial charge in [0.05, 0.1) is 0 Å². The van der Waals surface area contributed by atoms with Crippen molar-refractivity contribution in [2.24, 2.45) is 0 Å². The summed E-state index contributed by atoms with van der Waals surface area (Å²) in [5.41, 5.74) is 7.93. The van der Waals surface area contributed by atoms with Crippen LogP contribution in [-0.4, -0.2) is 15.0 Å². The summed E-state index contributed by atoms with van der Waals surface area (Å²) in [4.78, 5) is 16.0. The molecule has 2 aromatic heterocycles. The van der Waals surface area contributed by atoms with Gasteiger partial charge < -0.3 is 0 Å². The van der Waals surface area contributed by atoms with Crippen LogP contribution in [0.25, 0.3) is 109 Å². The summed E-state index contributed by atoms with van der Waals surface area (Å²) in [6.07, 6.45) is 0. The van der Waals surface area contributed by atoms with Crippen LogP contribution in [0.15, 0.2) is 152 Å². The second kappa shape index (κ2) is 10.1. The van der Waals surface area contributed by atoms with Crippen LogP contribution in [0.4, 0.5) is 0 Å². The van der Waals surface area contributed by atoms with Crippen LogP contribution in [0.2, 0.25) is 0 Å². The number of rotatable bonds is 3. The number of hydrogen-bond acceptors (Lipinski definition) is 4. The zero-order chi connectivity index (χ0) is 32.1. The molecule has 0 saturated heterocycles. The third kappa shape index (κ3) is 3.98. The van der Waals surface area contributed by atoms with Gasteiger partial charge in [-0.2, -0.15) is 0 Å². The van der Waals surface area contributed by atoms with Gasteiger partial charge in [0.15, 0.2) is 17.5 Å². The third-order valence-corrected chi connectivity index (χ3v) is 11.1. The summed E-state index contributed by atoms with van der Waals surface area (Å²) in [6.45, 7) is 0. The number of thiophene rings is 1. The van der Waals surface area contributed by atoms with Crippen molar-refractivity contribution in [2.45, 2.75) is 0 Å². The van der Waals surface area contributed by atoms with Crippen LogP contribution >= 0.6 is 11.3 Å². The molecule has 1 aliphatic rings. The molecule has 2 heterocycles. The van der Waals surface area contributed by atoms with Gasteiger partial charge in [0.2, 0.25) is 0 Å². The first kappa shape index (κ1) is 26.8. The molecule has 0 radical (unpaired) electrons. The summed E-state index contributed by atoms with van der Waals surface area (Å²) < 4.78 is 2.49. The van der Waals surface area contributed by atoms with Crippen LogP contribution in [0, 0.1) is 0 Å². The Morgan fingerprint density at radius 3 is 1.61 bits per heavy atom. The fraction of sp³-hybridized carbons (Fsp3) is 0. The van der Waals surface area contributed by atoms with Crippen molar-refractivity contribution in [3.63, 3.8) is 0 Å². The summed E-state index contributed by atoms with van der Waals surface area (Å²) in [5, 5.41) is 9.65. The Morgan fingerprint density at radius 1 is 0.347 bits per heavy atom. The second-order valence-corrected chi connectivity index (χ2v) is 13.9. The van der Waals surface area contributed by atoms with Gasteiger partial charge in [-0.15, -0.1) is 11.3 Å². The Bertz CT molecular complexity index is 2910. The summed E-state index contributed by atoms with van der Waals surface area (Å²) in [7, 11) is 0. The molecule has 49 heavy (non-hydrogen) atoms. The summed E-state index contributed by atoms with van der Waals surface area (Å²) in [5.74, 6) is 2.02. The maximum atomic E-state index is 5.39. The van der Waals surface area contributed by atoms with E-state index in [4.69, 9.17) is 15.0 Å². The predicted molar refractivity (Wildman–Crippen MR) is 206 cm³/mol. The lowest BCUT2D eigenvalue weighted by Crippen LogP contribution is -2.01. The minimum atomic E-state index is 0.665. The normalized spacial score (nSPS) is 12.1. The molecule has 0 N–H and O–H groups in total. The molecular weight excluding hydrogens is 615 g/mol. The van der Waals surface area contributed by atoms with Crippen molar-refractivity contribution in [3.8, 4) is 56.4 Å². The van der Waals surface area contributed by atoms with E-state index in [0.717, 1.165) is 27.5 Å². The Kier molecular flexibility index (Phi) is 5.54. The van der Waals surface area contributed by atoms with E-state index >= 15 is 0 Å². The molecule has 0 saturated carbocycles. The van der Waals surface area contributed by atoms with Gasteiger partial charge in [-0.05, 0) is 73.3 Å². The van der Waals surface area contributed by atoms with E-state index < -0.39 is 0 Å². The number of benzene rings is 8. The van der Waals surface area contributed by atoms with E-state index in [9.17, 15) is 0 Å². The van der Waals surface area contributed by atoms with E-state index in [-0.39, 0.29) is 0 Å². The monoisotopic (exact) mass is 639 g/mol. The summed E-state index contributed by atoms with van der Waals surface area (Å²) in [6, 6.07) is 54.3. The Morgan fingerprint density at radius 2 is 0.918 bits per heavy atom. The van der Waals surface area contributed by atoms with Gasteiger partial charge in [-0.3, -0.25) is 0 Å². The molecule has 3 nitrogen and oxygen atoms in total. The number of hydrogen-bond donors (Lipinski definition) is 0. The minimum absolute atomic E-state index is 0.665. The average molecular weight is 640 g/mol. The van der Waals surface area contributed by atoms with Crippen molar-refractivity contribution in [2.75, 3.05) is 0 Å². The maximum absolute atomic E-state index is 5.39. The lowest BCUT2D eigenvalue weighted by atomic mass is 9.93. The van der Waals surface area contributed by atoms with Crippen LogP contribution in [-0.2, 0) is 0 Å². The quantitative estimate of drug-likeness (QED) is 0.193. The SMILES string of the molecule is c1ccc2cc(-c3nc(-c4ccc5ccccc5c4)nc(-c4c5c(cc6sc7ccccc7c46)-c4cccc6cccc-5c46)n3)ccc2c1. The molecule has 8 aromatic carbocycles. The van der Waals surface area contributed by atoms with Gasteiger partial charge in [0.1, 0.15) is 0 Å². The van der Waals surface area contributed by atoms with E-state index in [1.165, 1.54) is 64.0 Å². The molecule has 1 aliphatic carbocycles. The fourth-order valence-electron chi connectivity index (χ4n) is 7.78. The molecule has 4 heteroatoms. The molecule has 11 rings (SSSR count). The number of aromatic nitrogens is 3. The molecule has 0 fully saturated rings. The Balaban J connectivity index is 1.27. The van der Waals surface area contributed by atoms with E-state index in [1.807, 2.05) is 11.3 Å². The van der Waals surface area contributed by atoms with Gasteiger partial charge >= 0.3 is 0 Å². The standard InChI is InChI=1S/C45H25N3S/c1-3-11-29-23-31(21-19-26(29)9-1)43-46-44(32-22-20-27-10-2-4-12-30(27)24-32)48-45(47-43)42-40-35-17-8-14-28-13-7-16-33(39(28)35)36(40)25-38-41(42)34-15-5-6-18-37(34)49-38/h1-25H. The molecular formula is C45H25N3S. The van der Waals surface area contributed by atoms with Crippen molar-refractivity contribution < 1.29 is 0 Å². The first-order chi connectivity index (χ1) is 24.3. The first-order valence-electron chi connectivity index (χ1n) is 16.5. The molecule has 0 spiro atoms. The van der Waals surface area contributed by atoms with Crippen molar-refractivity contribution in [3.05, 3.63) is 152 Å². The van der Waals surface area contributed by atoms with Gasteiger partial charge in [0, 0.05) is 42.4 Å². The summed E-state index contributed by atoms with van der Waals surface area (Å²) >= 11 is 1.84. The third-order valence-electron chi connectivity index (χ3n) is 10.0. The van der Waals surface area contributed by atoms with Gasteiger partial charge in [-0.25, -0.2) is 15.0 Å². The van der Waals surface area contributed by atoms with Crippen molar-refractivity contribution in [1.82, 2.24) is 15.0 Å². The van der Waals surface area contributed by atoms with Crippen LogP contribution < -0.4 is 0 Å². The fourth-order valence-corrected chi connectivity index (χ4v) is 8.93. The zero-order valence-corrected chi connectivity index (χ0v) is 27.0. The van der Waals surface area contributed by atoms with Crippen LogP contribution in [0.1, 0.15) is 0 Å². The first-order valence-corrected chi connectivity index (χ1v) is 17.3. The van der Waals surface area contributed by atoms with Crippen molar-refractivity contribution in [1.29, 1.82) is 0 Å². The molecule has 0 bridgehead atoms. The highest BCUT2D eigenvalue weighted by atomic mass is 32.1. The average Bonchev–Trinajstić information content (AvgIpc) is 3.70. The van der Waals surface area contributed by atoms with E-state index in [1.54, 1.807) is 0 Å². The van der Waals surface area contributed by atoms with Crippen molar-refractivity contribution >= 4 is 63.8 Å². The number of fused-ring (bicyclic) bond motifs is 8. The second-order valence-electron chi connectivity index (χ2n) is 12.8. The van der Waals surface area contributed by atoms with Crippen LogP contribution in [0.3, 0.4) is 0 Å². The Hall–Kier alpha value is -6.23. The highest BCUT2D eigenvalue weighted by Gasteiger charge is 2.29. The smallest absolute Gasteiger partial charge is 0.165 e. The largest absolute Gasteiger partial charge is 0.208 e. The molecule has 0 aliphatic heterocycles. The zero-order valence-electron chi connectivity index (χ0n) is 26.2.